The Morgan fingerprint density at radius 2 is 1.95 bits per heavy atom. The molecule has 2 saturated heterocycles. The lowest BCUT2D eigenvalue weighted by Gasteiger charge is -2.22. The predicted molar refractivity (Wildman–Crippen MR) is 74.9 cm³/mol. The van der Waals surface area contributed by atoms with Gasteiger partial charge in [-0.25, -0.2) is 0 Å². The minimum absolute atomic E-state index is 0.289. The van der Waals surface area contributed by atoms with Gasteiger partial charge in [0.1, 0.15) is 0 Å². The molecule has 0 aliphatic carbocycles. The maximum absolute atomic E-state index is 11.7. The van der Waals surface area contributed by atoms with Crippen molar-refractivity contribution in [3.8, 4) is 0 Å². The van der Waals surface area contributed by atoms with E-state index in [1.165, 1.54) is 19.4 Å². The van der Waals surface area contributed by atoms with Gasteiger partial charge in [0.2, 0.25) is 0 Å². The van der Waals surface area contributed by atoms with E-state index in [9.17, 15) is 9.59 Å². The van der Waals surface area contributed by atoms with E-state index in [1.54, 1.807) is 12.1 Å². The molecule has 3 aliphatic heterocycles. The van der Waals surface area contributed by atoms with Crippen LogP contribution in [0, 0.1) is 0 Å². The molecule has 5 nitrogen and oxygen atoms in total. The summed E-state index contributed by atoms with van der Waals surface area (Å²) in [5.41, 5.74) is 1.91. The molecule has 0 saturated carbocycles. The van der Waals surface area contributed by atoms with Gasteiger partial charge in [-0.15, -0.1) is 0 Å². The zero-order chi connectivity index (χ0) is 13.7. The van der Waals surface area contributed by atoms with Crippen LogP contribution in [0.25, 0.3) is 0 Å². The van der Waals surface area contributed by atoms with Crippen molar-refractivity contribution < 1.29 is 9.59 Å². The van der Waals surface area contributed by atoms with Gasteiger partial charge < -0.3 is 5.32 Å². The van der Waals surface area contributed by atoms with Crippen molar-refractivity contribution >= 4 is 17.5 Å². The number of hydrogen-bond acceptors (Lipinski definition) is 4. The maximum Gasteiger partial charge on any atom is 0.259 e. The van der Waals surface area contributed by atoms with E-state index in [1.807, 2.05) is 6.07 Å². The van der Waals surface area contributed by atoms with E-state index in [0.29, 0.717) is 23.2 Å². The van der Waals surface area contributed by atoms with Crippen LogP contribution in [-0.2, 0) is 0 Å². The molecule has 2 amide bonds. The fourth-order valence-electron chi connectivity index (χ4n) is 3.72. The minimum Gasteiger partial charge on any atom is -0.381 e. The Hall–Kier alpha value is -1.88. The number of imide groups is 1. The lowest BCUT2D eigenvalue weighted by atomic mass is 10.0. The van der Waals surface area contributed by atoms with Crippen molar-refractivity contribution in [3.05, 3.63) is 29.3 Å². The lowest BCUT2D eigenvalue weighted by molar-refractivity contribution is 0.0879. The van der Waals surface area contributed by atoms with Crippen molar-refractivity contribution in [3.63, 3.8) is 0 Å². The van der Waals surface area contributed by atoms with Gasteiger partial charge in [0, 0.05) is 24.3 Å². The molecule has 0 radical (unpaired) electrons. The molecule has 1 aromatic carbocycles. The Morgan fingerprint density at radius 1 is 1.10 bits per heavy atom. The number of amides is 2. The lowest BCUT2D eigenvalue weighted by Crippen LogP contribution is -2.33. The normalized spacial score (nSPS) is 28.4. The molecule has 20 heavy (non-hydrogen) atoms. The molecule has 4 rings (SSSR count). The molecule has 104 valence electrons. The Morgan fingerprint density at radius 3 is 2.85 bits per heavy atom. The Kier molecular flexibility index (Phi) is 2.57. The third-order valence-corrected chi connectivity index (χ3v) is 4.69. The monoisotopic (exact) mass is 271 g/mol. The molecule has 0 aromatic heterocycles. The van der Waals surface area contributed by atoms with Gasteiger partial charge in [0.15, 0.2) is 0 Å². The van der Waals surface area contributed by atoms with E-state index >= 15 is 0 Å². The fraction of sp³-hybridized carbons (Fsp3) is 0.467. The molecule has 2 fully saturated rings. The van der Waals surface area contributed by atoms with E-state index < -0.39 is 0 Å². The molecule has 2 N–H and O–H groups in total. The first-order valence-corrected chi connectivity index (χ1v) is 7.23. The van der Waals surface area contributed by atoms with Gasteiger partial charge in [-0.05, 0) is 44.0 Å². The van der Waals surface area contributed by atoms with Crippen molar-refractivity contribution in [1.29, 1.82) is 0 Å². The summed E-state index contributed by atoms with van der Waals surface area (Å²) in [6, 6.07) is 6.51. The summed E-state index contributed by atoms with van der Waals surface area (Å²) in [6.45, 7) is 2.37. The van der Waals surface area contributed by atoms with Crippen LogP contribution in [0.3, 0.4) is 0 Å². The van der Waals surface area contributed by atoms with Crippen LogP contribution in [0.5, 0.6) is 0 Å². The van der Waals surface area contributed by atoms with Gasteiger partial charge in [0.05, 0.1) is 11.1 Å². The largest absolute Gasteiger partial charge is 0.381 e. The Balaban J connectivity index is 1.57. The maximum atomic E-state index is 11.7. The second-order valence-electron chi connectivity index (χ2n) is 5.83. The molecule has 2 atom stereocenters. The highest BCUT2D eigenvalue weighted by molar-refractivity contribution is 6.21. The van der Waals surface area contributed by atoms with Crippen molar-refractivity contribution in [1.82, 2.24) is 10.2 Å². The number of fused-ring (bicyclic) bond motifs is 2. The third kappa shape index (κ3) is 1.73. The highest BCUT2D eigenvalue weighted by Gasteiger charge is 2.37. The summed E-state index contributed by atoms with van der Waals surface area (Å²) in [4.78, 5) is 25.7. The number of benzene rings is 1. The average Bonchev–Trinajstić information content (AvgIpc) is 3.09. The van der Waals surface area contributed by atoms with Gasteiger partial charge in [-0.2, -0.15) is 0 Å². The molecule has 0 spiro atoms. The molecule has 5 heteroatoms. The van der Waals surface area contributed by atoms with Crippen molar-refractivity contribution in [2.75, 3.05) is 18.4 Å². The Bertz CT molecular complexity index is 599. The second-order valence-corrected chi connectivity index (χ2v) is 5.83. The molecule has 3 heterocycles. The van der Waals surface area contributed by atoms with Gasteiger partial charge in [-0.3, -0.25) is 19.8 Å². The Labute approximate surface area is 117 Å². The number of rotatable bonds is 2. The second kappa shape index (κ2) is 4.31. The van der Waals surface area contributed by atoms with Crippen LogP contribution in [0.2, 0.25) is 0 Å². The number of hydrogen-bond donors (Lipinski definition) is 2. The van der Waals surface area contributed by atoms with Crippen molar-refractivity contribution in [2.24, 2.45) is 0 Å². The quantitative estimate of drug-likeness (QED) is 0.794. The smallest absolute Gasteiger partial charge is 0.259 e. The SMILES string of the molecule is O=C1NC(=O)c2cc(NC3CCN4CCCC34)ccc21. The van der Waals surface area contributed by atoms with Crippen LogP contribution >= 0.6 is 0 Å². The zero-order valence-electron chi connectivity index (χ0n) is 11.2. The van der Waals surface area contributed by atoms with Crippen molar-refractivity contribution in [2.45, 2.75) is 31.3 Å². The third-order valence-electron chi connectivity index (χ3n) is 4.69. The number of carbonyl (C=O) groups is 2. The highest BCUT2D eigenvalue weighted by Crippen LogP contribution is 2.30. The van der Waals surface area contributed by atoms with Crippen LogP contribution < -0.4 is 10.6 Å². The molecular formula is C15H17N3O2. The van der Waals surface area contributed by atoms with E-state index in [0.717, 1.165) is 18.7 Å². The molecule has 3 aliphatic rings. The predicted octanol–water partition coefficient (Wildman–Crippen LogP) is 1.22. The number of nitrogens with zero attached hydrogens (tertiary/aromatic N) is 1. The zero-order valence-corrected chi connectivity index (χ0v) is 11.2. The van der Waals surface area contributed by atoms with E-state index in [-0.39, 0.29) is 11.8 Å². The van der Waals surface area contributed by atoms with Gasteiger partial charge >= 0.3 is 0 Å². The van der Waals surface area contributed by atoms with Crippen LogP contribution in [0.1, 0.15) is 40.0 Å². The molecule has 2 unspecified atom stereocenters. The van der Waals surface area contributed by atoms with Crippen LogP contribution in [-0.4, -0.2) is 41.9 Å². The first-order chi connectivity index (χ1) is 9.72. The average molecular weight is 271 g/mol. The number of anilines is 1. The fourth-order valence-corrected chi connectivity index (χ4v) is 3.72. The molecular weight excluding hydrogens is 254 g/mol. The first-order valence-electron chi connectivity index (χ1n) is 7.23. The first kappa shape index (κ1) is 11.9. The van der Waals surface area contributed by atoms with Crippen LogP contribution in [0.15, 0.2) is 18.2 Å². The summed E-state index contributed by atoms with van der Waals surface area (Å²) < 4.78 is 0. The van der Waals surface area contributed by atoms with E-state index in [4.69, 9.17) is 0 Å². The van der Waals surface area contributed by atoms with E-state index in [2.05, 4.69) is 15.5 Å². The number of nitrogens with one attached hydrogen (secondary N) is 2. The standard InChI is InChI=1S/C15H17N3O2/c19-14-10-4-3-9(8-11(10)15(20)17-14)16-12-5-7-18-6-1-2-13(12)18/h3-4,8,12-13,16H,1-2,5-7H2,(H,17,19,20). The minimum atomic E-state index is -0.292. The summed E-state index contributed by atoms with van der Waals surface area (Å²) in [5.74, 6) is -0.582. The number of carbonyl (C=O) groups excluding carboxylic acids is 2. The molecule has 1 aromatic rings. The summed E-state index contributed by atoms with van der Waals surface area (Å²) >= 11 is 0. The summed E-state index contributed by atoms with van der Waals surface area (Å²) in [7, 11) is 0. The van der Waals surface area contributed by atoms with Gasteiger partial charge in [0.25, 0.3) is 11.8 Å². The topological polar surface area (TPSA) is 61.4 Å². The van der Waals surface area contributed by atoms with Crippen LogP contribution in [0.4, 0.5) is 5.69 Å². The molecule has 0 bridgehead atoms. The highest BCUT2D eigenvalue weighted by atomic mass is 16.2. The summed E-state index contributed by atoms with van der Waals surface area (Å²) in [5, 5.41) is 5.87. The summed E-state index contributed by atoms with van der Waals surface area (Å²) in [6.07, 6.45) is 3.68. The van der Waals surface area contributed by atoms with Gasteiger partial charge in [-0.1, -0.05) is 0 Å².